The molecule has 0 bridgehead atoms. The largest absolute Gasteiger partial charge is 0.334 e. The SMILES string of the molecule is Cc1ccc(C(=O)NC2(C#N)CCC2)c(Br)c1. The average molecular weight is 293 g/mol. The van der Waals surface area contributed by atoms with E-state index in [-0.39, 0.29) is 5.91 Å². The highest BCUT2D eigenvalue weighted by Crippen LogP contribution is 2.31. The van der Waals surface area contributed by atoms with Crippen molar-refractivity contribution in [1.29, 1.82) is 5.26 Å². The number of nitrogens with one attached hydrogen (secondary N) is 1. The molecule has 4 heteroatoms. The molecule has 1 aromatic rings. The van der Waals surface area contributed by atoms with Gasteiger partial charge in [0, 0.05) is 4.47 Å². The van der Waals surface area contributed by atoms with Gasteiger partial charge in [0.05, 0.1) is 11.6 Å². The van der Waals surface area contributed by atoms with Gasteiger partial charge < -0.3 is 5.32 Å². The van der Waals surface area contributed by atoms with E-state index < -0.39 is 5.54 Å². The van der Waals surface area contributed by atoms with Crippen LogP contribution in [-0.2, 0) is 0 Å². The van der Waals surface area contributed by atoms with Gasteiger partial charge in [-0.2, -0.15) is 5.26 Å². The van der Waals surface area contributed by atoms with Crippen molar-refractivity contribution in [3.63, 3.8) is 0 Å². The van der Waals surface area contributed by atoms with E-state index in [1.54, 1.807) is 6.07 Å². The molecule has 0 heterocycles. The Hall–Kier alpha value is -1.34. The Bertz CT molecular complexity index is 501. The normalized spacial score (nSPS) is 16.8. The van der Waals surface area contributed by atoms with Crippen LogP contribution in [0.15, 0.2) is 22.7 Å². The number of rotatable bonds is 2. The molecule has 1 aliphatic rings. The Morgan fingerprint density at radius 2 is 2.24 bits per heavy atom. The van der Waals surface area contributed by atoms with Crippen molar-refractivity contribution < 1.29 is 4.79 Å². The molecule has 17 heavy (non-hydrogen) atoms. The number of nitrogens with zero attached hydrogens (tertiary/aromatic N) is 1. The Balaban J connectivity index is 2.18. The summed E-state index contributed by atoms with van der Waals surface area (Å²) in [5.74, 6) is -0.182. The van der Waals surface area contributed by atoms with E-state index in [0.29, 0.717) is 5.56 Å². The third-order valence-corrected chi connectivity index (χ3v) is 3.80. The first-order valence-corrected chi connectivity index (χ1v) is 6.35. The second-order valence-electron chi connectivity index (χ2n) is 4.48. The first kappa shape index (κ1) is 12.1. The molecule has 1 N–H and O–H groups in total. The third-order valence-electron chi connectivity index (χ3n) is 3.14. The van der Waals surface area contributed by atoms with E-state index in [2.05, 4.69) is 27.3 Å². The predicted molar refractivity (Wildman–Crippen MR) is 68.5 cm³/mol. The maximum atomic E-state index is 12.1. The van der Waals surface area contributed by atoms with E-state index >= 15 is 0 Å². The summed E-state index contributed by atoms with van der Waals surface area (Å²) in [7, 11) is 0. The maximum absolute atomic E-state index is 12.1. The molecule has 0 radical (unpaired) electrons. The van der Waals surface area contributed by atoms with Crippen LogP contribution in [0.25, 0.3) is 0 Å². The number of hydrogen-bond acceptors (Lipinski definition) is 2. The highest BCUT2D eigenvalue weighted by atomic mass is 79.9. The smallest absolute Gasteiger partial charge is 0.253 e. The summed E-state index contributed by atoms with van der Waals surface area (Å²) < 4.78 is 0.766. The van der Waals surface area contributed by atoms with E-state index in [0.717, 1.165) is 29.3 Å². The molecule has 3 nitrogen and oxygen atoms in total. The summed E-state index contributed by atoms with van der Waals surface area (Å²) in [4.78, 5) is 12.1. The van der Waals surface area contributed by atoms with Crippen molar-refractivity contribution in [1.82, 2.24) is 5.32 Å². The molecule has 88 valence electrons. The van der Waals surface area contributed by atoms with Crippen molar-refractivity contribution in [3.05, 3.63) is 33.8 Å². The zero-order valence-corrected chi connectivity index (χ0v) is 11.2. The van der Waals surface area contributed by atoms with Gasteiger partial charge in [-0.15, -0.1) is 0 Å². The average Bonchev–Trinajstić information content (AvgIpc) is 2.23. The number of carbonyl (C=O) groups is 1. The maximum Gasteiger partial charge on any atom is 0.253 e. The molecule has 0 saturated heterocycles. The highest BCUT2D eigenvalue weighted by molar-refractivity contribution is 9.10. The van der Waals surface area contributed by atoms with Crippen LogP contribution in [0.2, 0.25) is 0 Å². The lowest BCUT2D eigenvalue weighted by atomic mass is 9.78. The van der Waals surface area contributed by atoms with Crippen molar-refractivity contribution in [2.75, 3.05) is 0 Å². The number of halogens is 1. The van der Waals surface area contributed by atoms with Crippen LogP contribution < -0.4 is 5.32 Å². The van der Waals surface area contributed by atoms with Gasteiger partial charge in [0.15, 0.2) is 0 Å². The Kier molecular flexibility index (Phi) is 3.21. The van der Waals surface area contributed by atoms with Crippen LogP contribution in [0.5, 0.6) is 0 Å². The molecule has 0 atom stereocenters. The second kappa shape index (κ2) is 4.50. The minimum absolute atomic E-state index is 0.182. The topological polar surface area (TPSA) is 52.9 Å². The molecule has 1 aromatic carbocycles. The standard InChI is InChI=1S/C13H13BrN2O/c1-9-3-4-10(11(14)7-9)12(17)16-13(8-15)5-2-6-13/h3-4,7H,2,5-6H2,1H3,(H,16,17). The van der Waals surface area contributed by atoms with Crippen LogP contribution in [0.3, 0.4) is 0 Å². The lowest BCUT2D eigenvalue weighted by molar-refractivity contribution is 0.0880. The molecule has 0 spiro atoms. The molecular formula is C13H13BrN2O. The van der Waals surface area contributed by atoms with Gasteiger partial charge in [0.25, 0.3) is 5.91 Å². The van der Waals surface area contributed by atoms with Crippen LogP contribution >= 0.6 is 15.9 Å². The van der Waals surface area contributed by atoms with Crippen molar-refractivity contribution in [3.8, 4) is 6.07 Å². The Morgan fingerprint density at radius 1 is 1.53 bits per heavy atom. The summed E-state index contributed by atoms with van der Waals surface area (Å²) in [5, 5.41) is 11.9. The number of hydrogen-bond donors (Lipinski definition) is 1. The molecule has 0 aromatic heterocycles. The second-order valence-corrected chi connectivity index (χ2v) is 5.34. The first-order chi connectivity index (χ1) is 8.06. The van der Waals surface area contributed by atoms with Gasteiger partial charge in [-0.05, 0) is 59.8 Å². The molecule has 2 rings (SSSR count). The number of carbonyl (C=O) groups excluding carboxylic acids is 1. The number of nitriles is 1. The van der Waals surface area contributed by atoms with Gasteiger partial charge in [-0.25, -0.2) is 0 Å². The zero-order valence-electron chi connectivity index (χ0n) is 9.59. The minimum atomic E-state index is -0.637. The first-order valence-electron chi connectivity index (χ1n) is 5.56. The van der Waals surface area contributed by atoms with E-state index in [9.17, 15) is 4.79 Å². The molecule has 1 saturated carbocycles. The number of benzene rings is 1. The fraction of sp³-hybridized carbons (Fsp3) is 0.385. The molecular weight excluding hydrogens is 280 g/mol. The quantitative estimate of drug-likeness (QED) is 0.911. The van der Waals surface area contributed by atoms with E-state index in [1.807, 2.05) is 19.1 Å². The van der Waals surface area contributed by atoms with Gasteiger partial charge in [0.2, 0.25) is 0 Å². The predicted octanol–water partition coefficient (Wildman–Crippen LogP) is 2.93. The summed E-state index contributed by atoms with van der Waals surface area (Å²) in [6.07, 6.45) is 2.50. The fourth-order valence-corrected chi connectivity index (χ4v) is 2.56. The minimum Gasteiger partial charge on any atom is -0.334 e. The van der Waals surface area contributed by atoms with Crippen molar-refractivity contribution >= 4 is 21.8 Å². The van der Waals surface area contributed by atoms with Gasteiger partial charge in [-0.3, -0.25) is 4.79 Å². The molecule has 1 amide bonds. The summed E-state index contributed by atoms with van der Waals surface area (Å²) in [6, 6.07) is 7.76. The third kappa shape index (κ3) is 2.34. The van der Waals surface area contributed by atoms with Crippen LogP contribution in [0.4, 0.5) is 0 Å². The van der Waals surface area contributed by atoms with E-state index in [1.165, 1.54) is 0 Å². The molecule has 0 aliphatic heterocycles. The Morgan fingerprint density at radius 3 is 2.71 bits per heavy atom. The van der Waals surface area contributed by atoms with Crippen LogP contribution in [-0.4, -0.2) is 11.4 Å². The monoisotopic (exact) mass is 292 g/mol. The summed E-state index contributed by atoms with van der Waals surface area (Å²) in [5.41, 5.74) is 1.03. The molecule has 1 aliphatic carbocycles. The van der Waals surface area contributed by atoms with Crippen LogP contribution in [0, 0.1) is 18.3 Å². The van der Waals surface area contributed by atoms with Crippen molar-refractivity contribution in [2.24, 2.45) is 0 Å². The van der Waals surface area contributed by atoms with Crippen molar-refractivity contribution in [2.45, 2.75) is 31.7 Å². The van der Waals surface area contributed by atoms with E-state index in [4.69, 9.17) is 5.26 Å². The number of aryl methyl sites for hydroxylation is 1. The summed E-state index contributed by atoms with van der Waals surface area (Å²) >= 11 is 3.37. The van der Waals surface area contributed by atoms with Gasteiger partial charge >= 0.3 is 0 Å². The van der Waals surface area contributed by atoms with Gasteiger partial charge in [0.1, 0.15) is 5.54 Å². The fourth-order valence-electron chi connectivity index (χ4n) is 1.88. The Labute approximate surface area is 109 Å². The lowest BCUT2D eigenvalue weighted by Crippen LogP contribution is -2.52. The summed E-state index contributed by atoms with van der Waals surface area (Å²) in [6.45, 7) is 1.97. The lowest BCUT2D eigenvalue weighted by Gasteiger charge is -2.35. The van der Waals surface area contributed by atoms with Crippen LogP contribution in [0.1, 0.15) is 35.2 Å². The van der Waals surface area contributed by atoms with Gasteiger partial charge in [-0.1, -0.05) is 6.07 Å². The molecule has 0 unspecified atom stereocenters. The number of amides is 1. The highest BCUT2D eigenvalue weighted by Gasteiger charge is 2.38. The zero-order chi connectivity index (χ0) is 12.5. The molecule has 1 fully saturated rings.